The molecule has 0 aliphatic heterocycles. The fraction of sp³-hybridized carbons (Fsp3) is 0.226. The van der Waals surface area contributed by atoms with Gasteiger partial charge < -0.3 is 15.3 Å². The van der Waals surface area contributed by atoms with E-state index in [0.717, 1.165) is 18.7 Å². The summed E-state index contributed by atoms with van der Waals surface area (Å²) in [6.45, 7) is 2.68. The Morgan fingerprint density at radius 3 is 2.56 bits per heavy atom. The molecule has 2 heterocycles. The summed E-state index contributed by atoms with van der Waals surface area (Å²) in [4.78, 5) is 32.7. The monoisotopic (exact) mass is 568 g/mol. The van der Waals surface area contributed by atoms with E-state index in [1.54, 1.807) is 55.7 Å². The summed E-state index contributed by atoms with van der Waals surface area (Å²) in [5.41, 5.74) is 3.39. The van der Waals surface area contributed by atoms with Gasteiger partial charge in [0.15, 0.2) is 0 Å². The smallest absolute Gasteiger partial charge is 0.284 e. The molecule has 0 radical (unpaired) electrons. The Hall–Kier alpha value is -4.59. The van der Waals surface area contributed by atoms with Crippen molar-refractivity contribution in [2.45, 2.75) is 18.2 Å². The van der Waals surface area contributed by atoms with E-state index in [4.69, 9.17) is 0 Å². The van der Waals surface area contributed by atoms with Crippen molar-refractivity contribution in [2.75, 3.05) is 31.7 Å². The van der Waals surface area contributed by atoms with E-state index in [0.29, 0.717) is 38.7 Å². The quantitative estimate of drug-likeness (QED) is 0.304. The molecule has 0 saturated carbocycles. The molecule has 1 atom stereocenters. The molecule has 0 aliphatic rings. The van der Waals surface area contributed by atoms with Crippen LogP contribution < -0.4 is 5.32 Å². The van der Waals surface area contributed by atoms with Crippen molar-refractivity contribution < 1.29 is 14.7 Å². The number of phenols is 1. The summed E-state index contributed by atoms with van der Waals surface area (Å²) in [6, 6.07) is 17.6. The summed E-state index contributed by atoms with van der Waals surface area (Å²) in [5.74, 6) is 6.21. The Morgan fingerprint density at radius 1 is 1.05 bits per heavy atom. The lowest BCUT2D eigenvalue weighted by Gasteiger charge is -2.12. The zero-order chi connectivity index (χ0) is 29.4. The van der Waals surface area contributed by atoms with Crippen molar-refractivity contribution in [1.82, 2.24) is 19.7 Å². The fourth-order valence-corrected chi connectivity index (χ4v) is 5.66. The van der Waals surface area contributed by atoms with Gasteiger partial charge in [-0.1, -0.05) is 40.7 Å². The Kier molecular flexibility index (Phi) is 9.79. The van der Waals surface area contributed by atoms with Gasteiger partial charge in [0.2, 0.25) is 0 Å². The van der Waals surface area contributed by atoms with Crippen LogP contribution in [0.5, 0.6) is 5.75 Å². The van der Waals surface area contributed by atoms with Crippen LogP contribution in [0.25, 0.3) is 0 Å². The van der Waals surface area contributed by atoms with Crippen LogP contribution in [0.2, 0.25) is 0 Å². The maximum atomic E-state index is 13.2. The molecular formula is C31H32N6O3S. The molecule has 2 aromatic heterocycles. The summed E-state index contributed by atoms with van der Waals surface area (Å²) in [7, 11) is 4.90. The first-order chi connectivity index (χ1) is 19.7. The highest BCUT2D eigenvalue weighted by molar-refractivity contribution is 7.87. The lowest BCUT2D eigenvalue weighted by Crippen LogP contribution is -2.16. The van der Waals surface area contributed by atoms with Gasteiger partial charge in [-0.05, 0) is 76.4 Å². The highest BCUT2D eigenvalue weighted by Crippen LogP contribution is 2.23. The summed E-state index contributed by atoms with van der Waals surface area (Å²) in [6.07, 6.45) is 3.88. The first-order valence-electron chi connectivity index (χ1n) is 13.0. The zero-order valence-corrected chi connectivity index (χ0v) is 24.3. The van der Waals surface area contributed by atoms with Gasteiger partial charge in [-0.2, -0.15) is 9.46 Å². The second-order valence-electron chi connectivity index (χ2n) is 9.63. The number of amides is 2. The van der Waals surface area contributed by atoms with Gasteiger partial charge in [0.25, 0.3) is 11.8 Å². The molecule has 0 saturated heterocycles. The number of aryl methyl sites for hydroxylation is 2. The molecule has 9 nitrogen and oxygen atoms in total. The number of phenolic OH excluding ortho intramolecular Hbond substituents is 1. The highest BCUT2D eigenvalue weighted by Gasteiger charge is 2.13. The van der Waals surface area contributed by atoms with Crippen LogP contribution in [-0.4, -0.2) is 63.0 Å². The second kappa shape index (κ2) is 13.7. The number of anilines is 1. The van der Waals surface area contributed by atoms with Crippen LogP contribution in [0.1, 0.15) is 44.1 Å². The van der Waals surface area contributed by atoms with Crippen molar-refractivity contribution in [1.29, 1.82) is 0 Å². The third-order valence-electron chi connectivity index (χ3n) is 5.95. The van der Waals surface area contributed by atoms with Crippen molar-refractivity contribution in [2.24, 2.45) is 11.4 Å². The van der Waals surface area contributed by atoms with Gasteiger partial charge in [-0.25, -0.2) is 0 Å². The molecule has 0 fully saturated rings. The number of carbonyl (C=O) groups excluding carboxylic acids is 2. The van der Waals surface area contributed by atoms with E-state index in [1.165, 1.54) is 10.9 Å². The predicted octanol–water partition coefficient (Wildman–Crippen LogP) is 4.43. The van der Waals surface area contributed by atoms with E-state index < -0.39 is 16.6 Å². The maximum absolute atomic E-state index is 13.2. The Labute approximate surface area is 242 Å². The van der Waals surface area contributed by atoms with Crippen molar-refractivity contribution in [3.63, 3.8) is 0 Å². The number of hydrogen-bond acceptors (Lipinski definition) is 6. The van der Waals surface area contributed by atoms with Crippen molar-refractivity contribution >= 4 is 28.2 Å². The standard InChI is InChI=1S/C31H32N6O3S/c1-22-17-27(37(4)34-22)31(40)33-26-10-7-9-23(19-26)13-14-24-18-25(21-32-20-24)30(39)35-41(16-8-15-36(2)3)29-12-6-5-11-28(29)38/h5-7,9-12,17-21,38H,8,15-16H2,1-4H3,(H,33,40). The van der Waals surface area contributed by atoms with Crippen LogP contribution in [0.15, 0.2) is 82.3 Å². The van der Waals surface area contributed by atoms with Crippen LogP contribution >= 0.6 is 0 Å². The Morgan fingerprint density at radius 2 is 1.83 bits per heavy atom. The fourth-order valence-electron chi connectivity index (χ4n) is 3.99. The number of aromatic hydroxyl groups is 1. The molecule has 210 valence electrons. The van der Waals surface area contributed by atoms with E-state index in [2.05, 4.69) is 36.5 Å². The average molecular weight is 569 g/mol. The number of rotatable bonds is 8. The molecule has 2 aromatic carbocycles. The normalized spacial score (nSPS) is 11.6. The Balaban J connectivity index is 1.52. The van der Waals surface area contributed by atoms with Gasteiger partial charge in [0.1, 0.15) is 11.4 Å². The van der Waals surface area contributed by atoms with Crippen molar-refractivity contribution in [3.8, 4) is 17.6 Å². The van der Waals surface area contributed by atoms with Gasteiger partial charge in [0, 0.05) is 42.0 Å². The van der Waals surface area contributed by atoms with Gasteiger partial charge in [-0.15, -0.1) is 0 Å². The molecule has 10 heteroatoms. The van der Waals surface area contributed by atoms with E-state index in [1.807, 2.05) is 39.2 Å². The first-order valence-corrected chi connectivity index (χ1v) is 14.3. The van der Waals surface area contributed by atoms with Gasteiger partial charge in [0.05, 0.1) is 16.2 Å². The molecule has 2 amide bonds. The zero-order valence-electron chi connectivity index (χ0n) is 23.5. The molecule has 4 aromatic rings. The molecular weight excluding hydrogens is 536 g/mol. The van der Waals surface area contributed by atoms with Gasteiger partial charge >= 0.3 is 0 Å². The molecule has 1 unspecified atom stereocenters. The predicted molar refractivity (Wildman–Crippen MR) is 161 cm³/mol. The Bertz CT molecular complexity index is 1670. The third kappa shape index (κ3) is 8.20. The highest BCUT2D eigenvalue weighted by atomic mass is 32.2. The van der Waals surface area contributed by atoms with Crippen LogP contribution in [0.3, 0.4) is 0 Å². The van der Waals surface area contributed by atoms with E-state index in [9.17, 15) is 14.7 Å². The number of pyridine rings is 1. The number of para-hydroxylation sites is 1. The summed E-state index contributed by atoms with van der Waals surface area (Å²) < 4.78 is 6.02. The number of nitrogens with zero attached hydrogens (tertiary/aromatic N) is 5. The van der Waals surface area contributed by atoms with Crippen molar-refractivity contribution in [3.05, 3.63) is 101 Å². The second-order valence-corrected chi connectivity index (χ2v) is 11.4. The average Bonchev–Trinajstić information content (AvgIpc) is 3.29. The topological polar surface area (TPSA) is 113 Å². The lowest BCUT2D eigenvalue weighted by atomic mass is 10.1. The summed E-state index contributed by atoms with van der Waals surface area (Å²) >= 11 is 0. The molecule has 2 N–H and O–H groups in total. The third-order valence-corrected chi connectivity index (χ3v) is 7.86. The largest absolute Gasteiger partial charge is 0.507 e. The minimum absolute atomic E-state index is 0.129. The lowest BCUT2D eigenvalue weighted by molar-refractivity contribution is 0.1000. The molecule has 0 aliphatic carbocycles. The number of carbonyl (C=O) groups is 2. The van der Waals surface area contributed by atoms with Gasteiger partial charge in [-0.3, -0.25) is 19.3 Å². The number of nitrogens with one attached hydrogen (secondary N) is 1. The first kappa shape index (κ1) is 29.4. The summed E-state index contributed by atoms with van der Waals surface area (Å²) in [5, 5.41) is 17.5. The van der Waals surface area contributed by atoms with E-state index in [-0.39, 0.29) is 11.7 Å². The molecule has 4 rings (SSSR count). The molecule has 41 heavy (non-hydrogen) atoms. The van der Waals surface area contributed by atoms with Crippen LogP contribution in [0, 0.1) is 18.8 Å². The number of aromatic nitrogens is 3. The minimum Gasteiger partial charge on any atom is -0.507 e. The molecule has 0 bridgehead atoms. The number of benzene rings is 2. The van der Waals surface area contributed by atoms with Crippen LogP contribution in [-0.2, 0) is 17.7 Å². The molecule has 0 spiro atoms. The number of hydrogen-bond donors (Lipinski definition) is 2. The van der Waals surface area contributed by atoms with E-state index >= 15 is 0 Å². The maximum Gasteiger partial charge on any atom is 0.284 e. The van der Waals surface area contributed by atoms with Crippen LogP contribution in [0.4, 0.5) is 5.69 Å². The SMILES string of the molecule is Cc1cc(C(=O)Nc2cccc(C#Cc3cncc(C(=O)N=S(CCCN(C)C)c4ccccc4O)c3)c2)n(C)n1. The minimum atomic E-state index is -0.813.